The minimum absolute atomic E-state index is 0.225. The molecule has 6 heteroatoms. The third-order valence-corrected chi connectivity index (χ3v) is 3.87. The summed E-state index contributed by atoms with van der Waals surface area (Å²) >= 11 is 6.15. The molecule has 0 aliphatic rings. The van der Waals surface area contributed by atoms with Crippen LogP contribution in [-0.2, 0) is 0 Å². The fraction of sp³-hybridized carbons (Fsp3) is 0.0588. The molecule has 23 heavy (non-hydrogen) atoms. The zero-order valence-corrected chi connectivity index (χ0v) is 13.2. The molecule has 3 rings (SSSR count). The minimum Gasteiger partial charge on any atom is -0.355 e. The van der Waals surface area contributed by atoms with Crippen LogP contribution in [-0.4, -0.2) is 16.1 Å². The number of aromatic amines is 1. The number of aromatic nitrogens is 2. The number of nitrogens with one attached hydrogen (secondary N) is 3. The van der Waals surface area contributed by atoms with Crippen LogP contribution >= 0.6 is 11.6 Å². The lowest BCUT2D eigenvalue weighted by Gasteiger charge is -2.14. The molecule has 1 aromatic heterocycles. The van der Waals surface area contributed by atoms with Gasteiger partial charge in [0.15, 0.2) is 0 Å². The zero-order chi connectivity index (χ0) is 16.2. The maximum Gasteiger partial charge on any atom is 0.258 e. The molecule has 0 bridgehead atoms. The highest BCUT2D eigenvalue weighted by Crippen LogP contribution is 2.28. The standard InChI is InChI=1S/C17H15ClN4O/c1-11-13(18)6-4-8-14(11)20-15-7-3-2-5-12(15)17(23)21-16-9-10-19-22-16/h2-10,20H,1H3,(H2,19,21,22,23). The molecule has 0 aliphatic heterocycles. The van der Waals surface area contributed by atoms with E-state index in [1.54, 1.807) is 18.3 Å². The SMILES string of the molecule is Cc1c(Cl)cccc1Nc1ccccc1C(=O)Nc1ccn[nH]1. The lowest BCUT2D eigenvalue weighted by Crippen LogP contribution is -2.14. The number of para-hydroxylation sites is 1. The van der Waals surface area contributed by atoms with Gasteiger partial charge in [0, 0.05) is 16.8 Å². The molecule has 2 aromatic carbocycles. The first-order chi connectivity index (χ1) is 11.1. The van der Waals surface area contributed by atoms with Crippen molar-refractivity contribution in [1.82, 2.24) is 10.2 Å². The van der Waals surface area contributed by atoms with Crippen molar-refractivity contribution in [1.29, 1.82) is 0 Å². The van der Waals surface area contributed by atoms with Gasteiger partial charge in [-0.25, -0.2) is 0 Å². The molecule has 0 fully saturated rings. The number of anilines is 3. The number of carbonyl (C=O) groups excluding carboxylic acids is 1. The molecule has 116 valence electrons. The van der Waals surface area contributed by atoms with E-state index < -0.39 is 0 Å². The molecule has 0 aliphatic carbocycles. The number of halogens is 1. The van der Waals surface area contributed by atoms with Crippen LogP contribution in [0.3, 0.4) is 0 Å². The van der Waals surface area contributed by atoms with Gasteiger partial charge >= 0.3 is 0 Å². The second-order valence-electron chi connectivity index (χ2n) is 5.01. The molecule has 0 saturated carbocycles. The van der Waals surface area contributed by atoms with Crippen LogP contribution in [0.2, 0.25) is 5.02 Å². The molecule has 0 spiro atoms. The third-order valence-electron chi connectivity index (χ3n) is 3.46. The van der Waals surface area contributed by atoms with Crippen LogP contribution in [0.25, 0.3) is 0 Å². The van der Waals surface area contributed by atoms with E-state index in [1.165, 1.54) is 0 Å². The number of hydrogen-bond donors (Lipinski definition) is 3. The van der Waals surface area contributed by atoms with Gasteiger partial charge in [-0.05, 0) is 36.8 Å². The lowest BCUT2D eigenvalue weighted by molar-refractivity contribution is 0.102. The van der Waals surface area contributed by atoms with E-state index in [9.17, 15) is 4.79 Å². The second-order valence-corrected chi connectivity index (χ2v) is 5.41. The topological polar surface area (TPSA) is 69.8 Å². The summed E-state index contributed by atoms with van der Waals surface area (Å²) in [5, 5.41) is 13.2. The maximum absolute atomic E-state index is 12.4. The number of rotatable bonds is 4. The average molecular weight is 327 g/mol. The van der Waals surface area contributed by atoms with E-state index in [0.29, 0.717) is 22.1 Å². The van der Waals surface area contributed by atoms with E-state index in [1.807, 2.05) is 43.3 Å². The Kier molecular flexibility index (Phi) is 4.30. The van der Waals surface area contributed by atoms with E-state index in [4.69, 9.17) is 11.6 Å². The van der Waals surface area contributed by atoms with Crippen LogP contribution in [0.1, 0.15) is 15.9 Å². The summed E-state index contributed by atoms with van der Waals surface area (Å²) in [4.78, 5) is 12.4. The summed E-state index contributed by atoms with van der Waals surface area (Å²) in [6, 6.07) is 14.6. The predicted molar refractivity (Wildman–Crippen MR) is 92.5 cm³/mol. The van der Waals surface area contributed by atoms with E-state index in [2.05, 4.69) is 20.8 Å². The highest BCUT2D eigenvalue weighted by Gasteiger charge is 2.13. The van der Waals surface area contributed by atoms with Gasteiger partial charge in [0.05, 0.1) is 17.4 Å². The fourth-order valence-corrected chi connectivity index (χ4v) is 2.37. The molecular weight excluding hydrogens is 312 g/mol. The zero-order valence-electron chi connectivity index (χ0n) is 12.4. The first-order valence-corrected chi connectivity index (χ1v) is 7.45. The second kappa shape index (κ2) is 6.54. The first-order valence-electron chi connectivity index (χ1n) is 7.07. The largest absolute Gasteiger partial charge is 0.355 e. The quantitative estimate of drug-likeness (QED) is 0.667. The molecule has 1 heterocycles. The van der Waals surface area contributed by atoms with Gasteiger partial charge in [0.25, 0.3) is 5.91 Å². The van der Waals surface area contributed by atoms with Crippen LogP contribution in [0.4, 0.5) is 17.2 Å². The van der Waals surface area contributed by atoms with Gasteiger partial charge in [-0.1, -0.05) is 29.8 Å². The van der Waals surface area contributed by atoms with Crippen molar-refractivity contribution in [3.05, 3.63) is 70.9 Å². The van der Waals surface area contributed by atoms with Gasteiger partial charge in [-0.3, -0.25) is 9.89 Å². The van der Waals surface area contributed by atoms with Gasteiger partial charge in [0.1, 0.15) is 5.82 Å². The van der Waals surface area contributed by atoms with Crippen molar-refractivity contribution in [2.75, 3.05) is 10.6 Å². The monoisotopic (exact) mass is 326 g/mol. The molecule has 5 nitrogen and oxygen atoms in total. The highest BCUT2D eigenvalue weighted by atomic mass is 35.5. The number of H-pyrrole nitrogens is 1. The number of amides is 1. The summed E-state index contributed by atoms with van der Waals surface area (Å²) in [5.74, 6) is 0.320. The molecule has 0 atom stereocenters. The highest BCUT2D eigenvalue weighted by molar-refractivity contribution is 6.31. The molecule has 0 saturated heterocycles. The van der Waals surface area contributed by atoms with Crippen LogP contribution in [0.15, 0.2) is 54.7 Å². The Morgan fingerprint density at radius 1 is 1.09 bits per heavy atom. The molecular formula is C17H15ClN4O. The van der Waals surface area contributed by atoms with Crippen LogP contribution < -0.4 is 10.6 Å². The van der Waals surface area contributed by atoms with E-state index >= 15 is 0 Å². The number of nitrogens with zero attached hydrogens (tertiary/aromatic N) is 1. The Hall–Kier alpha value is -2.79. The summed E-state index contributed by atoms with van der Waals surface area (Å²) in [6.07, 6.45) is 1.58. The Balaban J connectivity index is 1.88. The maximum atomic E-state index is 12.4. The average Bonchev–Trinajstić information content (AvgIpc) is 3.05. The molecule has 0 unspecified atom stereocenters. The Labute approximate surface area is 138 Å². The van der Waals surface area contributed by atoms with Gasteiger partial charge in [-0.15, -0.1) is 0 Å². The summed E-state index contributed by atoms with van der Waals surface area (Å²) in [5.41, 5.74) is 3.02. The lowest BCUT2D eigenvalue weighted by atomic mass is 10.1. The summed E-state index contributed by atoms with van der Waals surface area (Å²) < 4.78 is 0. The number of benzene rings is 2. The van der Waals surface area contributed by atoms with Gasteiger partial charge in [0.2, 0.25) is 0 Å². The number of hydrogen-bond acceptors (Lipinski definition) is 3. The van der Waals surface area contributed by atoms with Crippen molar-refractivity contribution in [3.63, 3.8) is 0 Å². The summed E-state index contributed by atoms with van der Waals surface area (Å²) in [6.45, 7) is 1.93. The number of carbonyl (C=O) groups is 1. The molecule has 3 aromatic rings. The Morgan fingerprint density at radius 3 is 2.65 bits per heavy atom. The van der Waals surface area contributed by atoms with Gasteiger partial charge in [-0.2, -0.15) is 5.10 Å². The Morgan fingerprint density at radius 2 is 1.87 bits per heavy atom. The van der Waals surface area contributed by atoms with Crippen LogP contribution in [0, 0.1) is 6.92 Å². The third kappa shape index (κ3) is 3.35. The predicted octanol–water partition coefficient (Wildman–Crippen LogP) is 4.37. The smallest absolute Gasteiger partial charge is 0.258 e. The normalized spacial score (nSPS) is 10.3. The molecule has 3 N–H and O–H groups in total. The van der Waals surface area contributed by atoms with Crippen molar-refractivity contribution < 1.29 is 4.79 Å². The van der Waals surface area contributed by atoms with Crippen molar-refractivity contribution in [2.24, 2.45) is 0 Å². The van der Waals surface area contributed by atoms with Crippen molar-refractivity contribution in [2.45, 2.75) is 6.92 Å². The van der Waals surface area contributed by atoms with E-state index in [-0.39, 0.29) is 5.91 Å². The van der Waals surface area contributed by atoms with Gasteiger partial charge < -0.3 is 10.6 Å². The molecule has 0 radical (unpaired) electrons. The van der Waals surface area contributed by atoms with Crippen molar-refractivity contribution >= 4 is 34.7 Å². The fourth-order valence-electron chi connectivity index (χ4n) is 2.19. The first kappa shape index (κ1) is 15.1. The minimum atomic E-state index is -0.225. The summed E-state index contributed by atoms with van der Waals surface area (Å²) in [7, 11) is 0. The van der Waals surface area contributed by atoms with Crippen LogP contribution in [0.5, 0.6) is 0 Å². The van der Waals surface area contributed by atoms with E-state index in [0.717, 1.165) is 11.3 Å². The molecule has 1 amide bonds. The Bertz CT molecular complexity index is 830. The van der Waals surface area contributed by atoms with Crippen molar-refractivity contribution in [3.8, 4) is 0 Å².